The summed E-state index contributed by atoms with van der Waals surface area (Å²) in [4.78, 5) is 0. The van der Waals surface area contributed by atoms with Crippen molar-refractivity contribution in [3.05, 3.63) is 48.6 Å². The second kappa shape index (κ2) is 6.69. The maximum absolute atomic E-state index is 3.06. The molecule has 1 aliphatic rings. The van der Waals surface area contributed by atoms with Crippen molar-refractivity contribution in [1.82, 2.24) is 0 Å². The Hall–Kier alpha value is -1.00. The van der Waals surface area contributed by atoms with E-state index < -0.39 is 0 Å². The lowest BCUT2D eigenvalue weighted by Crippen LogP contribution is -1.72. The zero-order valence-electron chi connectivity index (χ0n) is 7.37. The van der Waals surface area contributed by atoms with Crippen LogP contribution in [0, 0.1) is 6.42 Å². The van der Waals surface area contributed by atoms with E-state index >= 15 is 0 Å². The van der Waals surface area contributed by atoms with Crippen LogP contribution in [0.15, 0.2) is 42.2 Å². The van der Waals surface area contributed by atoms with Gasteiger partial charge in [0, 0.05) is 6.42 Å². The van der Waals surface area contributed by atoms with E-state index in [1.165, 1.54) is 25.7 Å². The van der Waals surface area contributed by atoms with Gasteiger partial charge in [0.05, 0.1) is 0 Å². The van der Waals surface area contributed by atoms with Crippen LogP contribution in [0.2, 0.25) is 0 Å². The lowest BCUT2D eigenvalue weighted by atomic mass is 10.1. The van der Waals surface area contributed by atoms with Crippen LogP contribution in [0.1, 0.15) is 25.7 Å². The van der Waals surface area contributed by atoms with Crippen LogP contribution in [0.3, 0.4) is 0 Å². The van der Waals surface area contributed by atoms with E-state index in [1.807, 2.05) is 18.6 Å². The van der Waals surface area contributed by atoms with Gasteiger partial charge in [-0.25, -0.2) is 0 Å². The third-order valence-corrected chi connectivity index (χ3v) is 1.76. The van der Waals surface area contributed by atoms with Crippen molar-refractivity contribution >= 4 is 0 Å². The van der Waals surface area contributed by atoms with Crippen molar-refractivity contribution in [2.45, 2.75) is 25.7 Å². The summed E-state index contributed by atoms with van der Waals surface area (Å²) < 4.78 is 0. The Morgan fingerprint density at radius 1 is 0.833 bits per heavy atom. The van der Waals surface area contributed by atoms with Crippen molar-refractivity contribution in [1.29, 1.82) is 0 Å². The van der Waals surface area contributed by atoms with Crippen molar-refractivity contribution in [2.24, 2.45) is 0 Å². The molecular weight excluding hydrogens is 144 g/mol. The molecule has 0 heteroatoms. The van der Waals surface area contributed by atoms with Gasteiger partial charge >= 0.3 is 0 Å². The predicted octanol–water partition coefficient (Wildman–Crippen LogP) is 3.59. The minimum absolute atomic E-state index is 1.19. The molecule has 0 aromatic heterocycles. The van der Waals surface area contributed by atoms with Crippen molar-refractivity contribution < 1.29 is 0 Å². The molecule has 0 saturated carbocycles. The largest absolute Gasteiger partial charge is 0.125 e. The Morgan fingerprint density at radius 3 is 2.42 bits per heavy atom. The second-order valence-electron chi connectivity index (χ2n) is 2.83. The molecule has 1 aliphatic carbocycles. The molecule has 0 amide bonds. The van der Waals surface area contributed by atoms with Crippen LogP contribution in [0.25, 0.3) is 0 Å². The third-order valence-electron chi connectivity index (χ3n) is 1.76. The number of allylic oxidation sites excluding steroid dienone is 5. The van der Waals surface area contributed by atoms with E-state index in [9.17, 15) is 0 Å². The van der Waals surface area contributed by atoms with Gasteiger partial charge in [-0.1, -0.05) is 24.3 Å². The molecule has 1 radical (unpaired) electrons. The molecule has 0 spiro atoms. The SMILES string of the molecule is C1=C[CH]C=CCCCCC=CC=1. The van der Waals surface area contributed by atoms with Crippen LogP contribution in [-0.2, 0) is 0 Å². The summed E-state index contributed by atoms with van der Waals surface area (Å²) in [5, 5.41) is 0. The van der Waals surface area contributed by atoms with E-state index in [0.29, 0.717) is 0 Å². The lowest BCUT2D eigenvalue weighted by Gasteiger charge is -1.92. The Bertz CT molecular complexity index is 212. The molecule has 0 aliphatic heterocycles. The summed E-state index contributed by atoms with van der Waals surface area (Å²) in [7, 11) is 0. The van der Waals surface area contributed by atoms with Gasteiger partial charge in [0.15, 0.2) is 0 Å². The van der Waals surface area contributed by atoms with Crippen LogP contribution >= 0.6 is 0 Å². The van der Waals surface area contributed by atoms with E-state index in [2.05, 4.69) is 30.0 Å². The molecule has 0 aromatic carbocycles. The Kier molecular flexibility index (Phi) is 5.07. The van der Waals surface area contributed by atoms with Crippen molar-refractivity contribution in [2.75, 3.05) is 0 Å². The van der Waals surface area contributed by atoms with Gasteiger partial charge in [0.2, 0.25) is 0 Å². The highest BCUT2D eigenvalue weighted by Gasteiger charge is 1.83. The molecular formula is C12H15. The standard InChI is InChI=1S/C12H15/c1-2-4-6-8-10-12-11-9-7-5-3-1/h1-4,8,10,12H,5,7,9,11H2. The summed E-state index contributed by atoms with van der Waals surface area (Å²) in [5.41, 5.74) is 3.06. The summed E-state index contributed by atoms with van der Waals surface area (Å²) in [6.07, 6.45) is 19.4. The first-order valence-electron chi connectivity index (χ1n) is 4.56. The Balaban J connectivity index is 2.44. The fourth-order valence-electron chi connectivity index (χ4n) is 1.09. The van der Waals surface area contributed by atoms with Gasteiger partial charge < -0.3 is 0 Å². The fourth-order valence-corrected chi connectivity index (χ4v) is 1.09. The van der Waals surface area contributed by atoms with Crippen LogP contribution in [0.5, 0.6) is 0 Å². The monoisotopic (exact) mass is 159 g/mol. The molecule has 0 N–H and O–H groups in total. The molecule has 0 nitrogen and oxygen atoms in total. The van der Waals surface area contributed by atoms with Crippen molar-refractivity contribution in [3.63, 3.8) is 0 Å². The molecule has 0 saturated heterocycles. The number of rotatable bonds is 0. The Labute approximate surface area is 75.0 Å². The molecule has 0 heterocycles. The highest BCUT2D eigenvalue weighted by Crippen LogP contribution is 2.02. The summed E-state index contributed by atoms with van der Waals surface area (Å²) in [5.74, 6) is 0. The predicted molar refractivity (Wildman–Crippen MR) is 53.7 cm³/mol. The van der Waals surface area contributed by atoms with Gasteiger partial charge in [0.1, 0.15) is 0 Å². The normalized spacial score (nSPS) is 18.7. The number of hydrogen-bond acceptors (Lipinski definition) is 0. The second-order valence-corrected chi connectivity index (χ2v) is 2.83. The van der Waals surface area contributed by atoms with Crippen LogP contribution < -0.4 is 0 Å². The minimum atomic E-state index is 1.19. The smallest absolute Gasteiger partial charge is 0.0126 e. The lowest BCUT2D eigenvalue weighted by molar-refractivity contribution is 0.762. The molecule has 0 atom stereocenters. The Morgan fingerprint density at radius 2 is 1.58 bits per heavy atom. The van der Waals surface area contributed by atoms with Gasteiger partial charge in [-0.2, -0.15) is 0 Å². The minimum Gasteiger partial charge on any atom is -0.125 e. The van der Waals surface area contributed by atoms with Gasteiger partial charge in [0.25, 0.3) is 0 Å². The highest BCUT2D eigenvalue weighted by molar-refractivity contribution is 5.11. The fraction of sp³-hybridized carbons (Fsp3) is 0.333. The van der Waals surface area contributed by atoms with Crippen LogP contribution in [0.4, 0.5) is 0 Å². The number of hydrogen-bond donors (Lipinski definition) is 0. The zero-order valence-corrected chi connectivity index (χ0v) is 7.37. The topological polar surface area (TPSA) is 0 Å². The molecule has 63 valence electrons. The van der Waals surface area contributed by atoms with E-state index in [-0.39, 0.29) is 0 Å². The average molecular weight is 159 g/mol. The molecule has 1 rings (SSSR count). The summed E-state index contributed by atoms with van der Waals surface area (Å²) in [6, 6.07) is 0. The van der Waals surface area contributed by atoms with E-state index in [1.54, 1.807) is 0 Å². The van der Waals surface area contributed by atoms with E-state index in [0.717, 1.165) is 0 Å². The quantitative estimate of drug-likeness (QED) is 0.474. The highest BCUT2D eigenvalue weighted by atomic mass is 13.9. The first-order valence-corrected chi connectivity index (χ1v) is 4.56. The van der Waals surface area contributed by atoms with Crippen molar-refractivity contribution in [3.8, 4) is 0 Å². The summed E-state index contributed by atoms with van der Waals surface area (Å²) >= 11 is 0. The van der Waals surface area contributed by atoms with Gasteiger partial charge in [-0.3, -0.25) is 0 Å². The maximum Gasteiger partial charge on any atom is 0.0126 e. The molecule has 0 fully saturated rings. The first kappa shape index (κ1) is 9.09. The maximum atomic E-state index is 3.06. The molecule has 0 aromatic rings. The zero-order chi connectivity index (χ0) is 8.49. The van der Waals surface area contributed by atoms with Gasteiger partial charge in [-0.05, 0) is 37.8 Å². The molecule has 0 unspecified atom stereocenters. The summed E-state index contributed by atoms with van der Waals surface area (Å²) in [6.45, 7) is 0. The van der Waals surface area contributed by atoms with Gasteiger partial charge in [-0.15, -0.1) is 5.73 Å². The van der Waals surface area contributed by atoms with E-state index in [4.69, 9.17) is 0 Å². The third kappa shape index (κ3) is 4.76. The molecule has 0 bridgehead atoms. The van der Waals surface area contributed by atoms with Crippen LogP contribution in [-0.4, -0.2) is 0 Å². The average Bonchev–Trinajstić information content (AvgIpc) is 2.05. The first-order chi connectivity index (χ1) is 6.00. The molecule has 12 heavy (non-hydrogen) atoms.